The number of ketones is 1. The summed E-state index contributed by atoms with van der Waals surface area (Å²) in [6, 6.07) is 0. The first-order chi connectivity index (χ1) is 5.86. The fourth-order valence-corrected chi connectivity index (χ4v) is 1.17. The van der Waals surface area contributed by atoms with Crippen LogP contribution in [0.25, 0.3) is 0 Å². The van der Waals surface area contributed by atoms with Crippen LogP contribution in [0.4, 0.5) is 0 Å². The van der Waals surface area contributed by atoms with Crippen LogP contribution in [-0.4, -0.2) is 18.0 Å². The standard InChI is InChI=1S/C11H22O2/c1-7(2)10(12)11(8(3)4)13-9(5)6/h7-9,11H,1-6H3/t11-/m1/s1. The van der Waals surface area contributed by atoms with E-state index in [2.05, 4.69) is 0 Å². The largest absolute Gasteiger partial charge is 0.368 e. The van der Waals surface area contributed by atoms with Crippen molar-refractivity contribution in [2.75, 3.05) is 0 Å². The quantitative estimate of drug-likeness (QED) is 0.660. The van der Waals surface area contributed by atoms with E-state index in [1.165, 1.54) is 0 Å². The highest BCUT2D eigenvalue weighted by Gasteiger charge is 2.25. The van der Waals surface area contributed by atoms with Gasteiger partial charge in [-0.1, -0.05) is 27.7 Å². The second-order valence-electron chi connectivity index (χ2n) is 4.41. The molecule has 0 aliphatic heterocycles. The summed E-state index contributed by atoms with van der Waals surface area (Å²) in [6.45, 7) is 11.8. The Hall–Kier alpha value is -0.370. The second-order valence-corrected chi connectivity index (χ2v) is 4.41. The van der Waals surface area contributed by atoms with Crippen LogP contribution >= 0.6 is 0 Å². The van der Waals surface area contributed by atoms with Gasteiger partial charge in [-0.25, -0.2) is 0 Å². The maximum atomic E-state index is 11.7. The SMILES string of the molecule is CC(C)O[C@@H](C(=O)C(C)C)C(C)C. The van der Waals surface area contributed by atoms with Crippen molar-refractivity contribution in [1.29, 1.82) is 0 Å². The zero-order valence-electron chi connectivity index (χ0n) is 9.63. The number of Topliss-reactive ketones (excluding diaryl/α,β-unsaturated/α-hetero) is 1. The van der Waals surface area contributed by atoms with E-state index in [-0.39, 0.29) is 29.8 Å². The zero-order valence-corrected chi connectivity index (χ0v) is 9.63. The van der Waals surface area contributed by atoms with Crippen molar-refractivity contribution >= 4 is 5.78 Å². The van der Waals surface area contributed by atoms with Crippen LogP contribution in [0.3, 0.4) is 0 Å². The highest BCUT2D eigenvalue weighted by atomic mass is 16.5. The molecule has 0 spiro atoms. The molecule has 0 unspecified atom stereocenters. The van der Waals surface area contributed by atoms with Crippen LogP contribution in [0.5, 0.6) is 0 Å². The van der Waals surface area contributed by atoms with Crippen molar-refractivity contribution in [1.82, 2.24) is 0 Å². The molecule has 0 radical (unpaired) electrons. The van der Waals surface area contributed by atoms with Crippen LogP contribution < -0.4 is 0 Å². The van der Waals surface area contributed by atoms with Crippen molar-refractivity contribution in [3.63, 3.8) is 0 Å². The van der Waals surface area contributed by atoms with Crippen molar-refractivity contribution in [2.24, 2.45) is 11.8 Å². The van der Waals surface area contributed by atoms with Gasteiger partial charge in [0.1, 0.15) is 6.10 Å². The van der Waals surface area contributed by atoms with E-state index in [4.69, 9.17) is 4.74 Å². The minimum atomic E-state index is -0.236. The number of carbonyl (C=O) groups excluding carboxylic acids is 1. The van der Waals surface area contributed by atoms with E-state index in [0.29, 0.717) is 0 Å². The first-order valence-corrected chi connectivity index (χ1v) is 5.05. The molecule has 0 saturated heterocycles. The van der Waals surface area contributed by atoms with E-state index < -0.39 is 0 Å². The minimum Gasteiger partial charge on any atom is -0.368 e. The lowest BCUT2D eigenvalue weighted by Gasteiger charge is -2.24. The lowest BCUT2D eigenvalue weighted by Crippen LogP contribution is -2.34. The maximum Gasteiger partial charge on any atom is 0.164 e. The van der Waals surface area contributed by atoms with Crippen LogP contribution in [-0.2, 0) is 9.53 Å². The molecule has 0 amide bonds. The Bertz CT molecular complexity index is 159. The molecule has 0 heterocycles. The smallest absolute Gasteiger partial charge is 0.164 e. The molecule has 0 aromatic heterocycles. The molecule has 0 N–H and O–H groups in total. The number of ether oxygens (including phenoxy) is 1. The van der Waals surface area contributed by atoms with Gasteiger partial charge in [-0.2, -0.15) is 0 Å². The van der Waals surface area contributed by atoms with E-state index in [0.717, 1.165) is 0 Å². The van der Waals surface area contributed by atoms with E-state index in [1.54, 1.807) is 0 Å². The van der Waals surface area contributed by atoms with Gasteiger partial charge in [0, 0.05) is 5.92 Å². The molecule has 0 rings (SSSR count). The molecule has 0 aliphatic carbocycles. The summed E-state index contributed by atoms with van der Waals surface area (Å²) < 4.78 is 5.59. The third kappa shape index (κ3) is 4.41. The Morgan fingerprint density at radius 2 is 1.46 bits per heavy atom. The molecule has 0 aliphatic rings. The van der Waals surface area contributed by atoms with Crippen LogP contribution in [0, 0.1) is 11.8 Å². The molecule has 0 saturated carbocycles. The minimum absolute atomic E-state index is 0.0612. The topological polar surface area (TPSA) is 26.3 Å². The lowest BCUT2D eigenvalue weighted by molar-refractivity contribution is -0.139. The molecule has 13 heavy (non-hydrogen) atoms. The number of rotatable bonds is 5. The average molecular weight is 186 g/mol. The number of hydrogen-bond donors (Lipinski definition) is 0. The van der Waals surface area contributed by atoms with Gasteiger partial charge in [-0.3, -0.25) is 4.79 Å². The lowest BCUT2D eigenvalue weighted by atomic mass is 9.95. The average Bonchev–Trinajstić information content (AvgIpc) is 1.97. The summed E-state index contributed by atoms with van der Waals surface area (Å²) in [5.41, 5.74) is 0. The Balaban J connectivity index is 4.33. The molecule has 2 nitrogen and oxygen atoms in total. The molecule has 0 fully saturated rings. The van der Waals surface area contributed by atoms with E-state index >= 15 is 0 Å². The fraction of sp³-hybridized carbons (Fsp3) is 0.909. The van der Waals surface area contributed by atoms with Gasteiger partial charge in [0.15, 0.2) is 5.78 Å². The van der Waals surface area contributed by atoms with Gasteiger partial charge in [-0.05, 0) is 19.8 Å². The zero-order chi connectivity index (χ0) is 10.6. The summed E-state index contributed by atoms with van der Waals surface area (Å²) in [4.78, 5) is 11.7. The molecule has 0 aromatic carbocycles. The van der Waals surface area contributed by atoms with Crippen molar-refractivity contribution in [2.45, 2.75) is 53.8 Å². The van der Waals surface area contributed by atoms with Gasteiger partial charge >= 0.3 is 0 Å². The molecular formula is C11H22O2. The monoisotopic (exact) mass is 186 g/mol. The van der Waals surface area contributed by atoms with E-state index in [9.17, 15) is 4.79 Å². The van der Waals surface area contributed by atoms with Gasteiger partial charge in [0.2, 0.25) is 0 Å². The first kappa shape index (κ1) is 12.6. The molecular weight excluding hydrogens is 164 g/mol. The van der Waals surface area contributed by atoms with Crippen molar-refractivity contribution in [3.05, 3.63) is 0 Å². The molecule has 2 heteroatoms. The van der Waals surface area contributed by atoms with Crippen LogP contribution in [0.1, 0.15) is 41.5 Å². The van der Waals surface area contributed by atoms with Crippen molar-refractivity contribution < 1.29 is 9.53 Å². The van der Waals surface area contributed by atoms with E-state index in [1.807, 2.05) is 41.5 Å². The van der Waals surface area contributed by atoms with Gasteiger partial charge in [-0.15, -0.1) is 0 Å². The predicted molar refractivity (Wildman–Crippen MR) is 54.7 cm³/mol. The third-order valence-corrected chi connectivity index (χ3v) is 1.87. The Kier molecular flexibility index (Phi) is 5.23. The first-order valence-electron chi connectivity index (χ1n) is 5.05. The molecule has 0 bridgehead atoms. The highest BCUT2D eigenvalue weighted by molar-refractivity contribution is 5.85. The summed E-state index contributed by atoms with van der Waals surface area (Å²) in [5, 5.41) is 0. The van der Waals surface area contributed by atoms with Gasteiger partial charge in [0.05, 0.1) is 6.10 Å². The normalized spacial score (nSPS) is 14.2. The fourth-order valence-electron chi connectivity index (χ4n) is 1.17. The summed E-state index contributed by atoms with van der Waals surface area (Å²) in [7, 11) is 0. The van der Waals surface area contributed by atoms with Gasteiger partial charge in [0.25, 0.3) is 0 Å². The highest BCUT2D eigenvalue weighted by Crippen LogP contribution is 2.14. The van der Waals surface area contributed by atoms with Gasteiger partial charge < -0.3 is 4.74 Å². The summed E-state index contributed by atoms with van der Waals surface area (Å²) in [6.07, 6.45) is -0.116. The van der Waals surface area contributed by atoms with Crippen LogP contribution in [0.15, 0.2) is 0 Å². The Morgan fingerprint density at radius 1 is 1.00 bits per heavy atom. The Labute approximate surface area is 81.7 Å². The Morgan fingerprint density at radius 3 is 1.69 bits per heavy atom. The summed E-state index contributed by atoms with van der Waals surface area (Å²) >= 11 is 0. The maximum absolute atomic E-state index is 11.7. The molecule has 0 aromatic rings. The van der Waals surface area contributed by atoms with Crippen LogP contribution in [0.2, 0.25) is 0 Å². The number of carbonyl (C=O) groups is 1. The predicted octanol–water partition coefficient (Wildman–Crippen LogP) is 2.66. The van der Waals surface area contributed by atoms with Crippen molar-refractivity contribution in [3.8, 4) is 0 Å². The third-order valence-electron chi connectivity index (χ3n) is 1.87. The molecule has 78 valence electrons. The second kappa shape index (κ2) is 5.38. The summed E-state index contributed by atoms with van der Waals surface area (Å²) in [5.74, 6) is 0.534. The molecule has 1 atom stereocenters. The number of hydrogen-bond acceptors (Lipinski definition) is 2.